The van der Waals surface area contributed by atoms with E-state index in [1.165, 1.54) is 13.8 Å². The van der Waals surface area contributed by atoms with Crippen molar-refractivity contribution in [3.05, 3.63) is 0 Å². The van der Waals surface area contributed by atoms with Gasteiger partial charge in [-0.3, -0.25) is 0 Å². The summed E-state index contributed by atoms with van der Waals surface area (Å²) in [4.78, 5) is 0. The Balaban J connectivity index is 4.06. The number of hydrogen-bond acceptors (Lipinski definition) is 2. The van der Waals surface area contributed by atoms with Crippen LogP contribution < -0.4 is 0 Å². The van der Waals surface area contributed by atoms with E-state index in [0.717, 1.165) is 19.3 Å². The van der Waals surface area contributed by atoms with Crippen LogP contribution in [0.4, 0.5) is 3.89 Å². The molecule has 0 atom stereocenters. The quantitative estimate of drug-likeness (QED) is 0.500. The maximum atomic E-state index is 12.6. The molecule has 0 unspecified atom stereocenters. The first-order valence-electron chi connectivity index (χ1n) is 4.25. The van der Waals surface area contributed by atoms with E-state index in [0.29, 0.717) is 6.42 Å². The maximum absolute atomic E-state index is 12.6. The van der Waals surface area contributed by atoms with Crippen LogP contribution in [0.15, 0.2) is 0 Å². The van der Waals surface area contributed by atoms with Crippen LogP contribution in [0.2, 0.25) is 0 Å². The fraction of sp³-hybridized carbons (Fsp3) is 1.00. The average Bonchev–Trinajstić information content (AvgIpc) is 1.85. The summed E-state index contributed by atoms with van der Waals surface area (Å²) in [5, 5.41) is 0. The number of halogens is 1. The Labute approximate surface area is 74.4 Å². The highest BCUT2D eigenvalue weighted by Crippen LogP contribution is 2.24. The Morgan fingerprint density at radius 1 is 1.25 bits per heavy atom. The highest BCUT2D eigenvalue weighted by atomic mass is 32.3. The molecular weight excluding hydrogens is 179 g/mol. The molecular formula is C8H17FO2S. The largest absolute Gasteiger partial charge is 0.307 e. The number of unbranched alkanes of at least 4 members (excludes halogenated alkanes) is 2. The van der Waals surface area contributed by atoms with Gasteiger partial charge in [0, 0.05) is 0 Å². The summed E-state index contributed by atoms with van der Waals surface area (Å²) in [6.45, 7) is 4.88. The van der Waals surface area contributed by atoms with Gasteiger partial charge in [-0.1, -0.05) is 26.2 Å². The first-order chi connectivity index (χ1) is 5.31. The first-order valence-corrected chi connectivity index (χ1v) is 5.64. The SMILES string of the molecule is CCCCCC(C)(C)S(=O)(=O)F. The zero-order valence-electron chi connectivity index (χ0n) is 7.93. The van der Waals surface area contributed by atoms with Gasteiger partial charge in [-0.05, 0) is 20.3 Å². The molecule has 0 saturated carbocycles. The van der Waals surface area contributed by atoms with Gasteiger partial charge in [0.15, 0.2) is 0 Å². The normalized spacial score (nSPS) is 13.3. The van der Waals surface area contributed by atoms with Crippen LogP contribution in [0.1, 0.15) is 46.5 Å². The summed E-state index contributed by atoms with van der Waals surface area (Å²) in [5.41, 5.74) is 0. The van der Waals surface area contributed by atoms with Crippen molar-refractivity contribution in [3.8, 4) is 0 Å². The standard InChI is InChI=1S/C8H17FO2S/c1-4-5-6-7-8(2,3)12(9,10)11/h4-7H2,1-3H3. The minimum absolute atomic E-state index is 0.402. The summed E-state index contributed by atoms with van der Waals surface area (Å²) in [5.74, 6) is 0. The topological polar surface area (TPSA) is 34.1 Å². The zero-order chi connectivity index (χ0) is 9.83. The van der Waals surface area contributed by atoms with E-state index in [-0.39, 0.29) is 0 Å². The lowest BCUT2D eigenvalue weighted by Crippen LogP contribution is -2.28. The molecule has 0 rings (SSSR count). The molecule has 2 nitrogen and oxygen atoms in total. The molecule has 4 heteroatoms. The van der Waals surface area contributed by atoms with E-state index in [2.05, 4.69) is 0 Å². The Morgan fingerprint density at radius 3 is 2.08 bits per heavy atom. The molecule has 0 fully saturated rings. The third-order valence-electron chi connectivity index (χ3n) is 2.04. The molecule has 0 aliphatic carbocycles. The van der Waals surface area contributed by atoms with Crippen molar-refractivity contribution in [2.45, 2.75) is 51.2 Å². The van der Waals surface area contributed by atoms with Crippen LogP contribution in [-0.4, -0.2) is 13.2 Å². The molecule has 0 N–H and O–H groups in total. The van der Waals surface area contributed by atoms with E-state index in [1.807, 2.05) is 6.92 Å². The smallest absolute Gasteiger partial charge is 0.194 e. The van der Waals surface area contributed by atoms with Gasteiger partial charge in [0.05, 0.1) is 4.75 Å². The second kappa shape index (κ2) is 4.21. The summed E-state index contributed by atoms with van der Waals surface area (Å²) in [7, 11) is -4.38. The molecule has 0 aliphatic heterocycles. The van der Waals surface area contributed by atoms with E-state index >= 15 is 0 Å². The number of hydrogen-bond donors (Lipinski definition) is 0. The lowest BCUT2D eigenvalue weighted by atomic mass is 10.0. The van der Waals surface area contributed by atoms with Crippen LogP contribution in [0, 0.1) is 0 Å². The van der Waals surface area contributed by atoms with Crippen molar-refractivity contribution in [1.29, 1.82) is 0 Å². The van der Waals surface area contributed by atoms with Crippen LogP contribution in [0.5, 0.6) is 0 Å². The van der Waals surface area contributed by atoms with Gasteiger partial charge in [0.1, 0.15) is 0 Å². The third-order valence-corrected chi connectivity index (χ3v) is 3.57. The van der Waals surface area contributed by atoms with Crippen LogP contribution in [0.3, 0.4) is 0 Å². The van der Waals surface area contributed by atoms with Gasteiger partial charge < -0.3 is 0 Å². The number of rotatable bonds is 5. The molecule has 0 heterocycles. The van der Waals surface area contributed by atoms with Crippen molar-refractivity contribution < 1.29 is 12.3 Å². The van der Waals surface area contributed by atoms with Gasteiger partial charge in [0.2, 0.25) is 0 Å². The fourth-order valence-electron chi connectivity index (χ4n) is 0.923. The highest BCUT2D eigenvalue weighted by Gasteiger charge is 2.33. The van der Waals surface area contributed by atoms with E-state index in [9.17, 15) is 12.3 Å². The Hall–Kier alpha value is -0.120. The predicted molar refractivity (Wildman–Crippen MR) is 48.2 cm³/mol. The Morgan fingerprint density at radius 2 is 1.75 bits per heavy atom. The summed E-state index contributed by atoms with van der Waals surface area (Å²) in [6.07, 6.45) is 3.15. The predicted octanol–water partition coefficient (Wildman–Crippen LogP) is 2.64. The molecule has 74 valence electrons. The molecule has 0 aromatic carbocycles. The molecule has 0 radical (unpaired) electrons. The van der Waals surface area contributed by atoms with Gasteiger partial charge in [0.25, 0.3) is 0 Å². The molecule has 0 aromatic heterocycles. The second-order valence-electron chi connectivity index (χ2n) is 3.65. The summed E-state index contributed by atoms with van der Waals surface area (Å²) in [6, 6.07) is 0. The fourth-order valence-corrected chi connectivity index (χ4v) is 1.31. The van der Waals surface area contributed by atoms with Crippen LogP contribution >= 0.6 is 0 Å². The molecule has 0 saturated heterocycles. The van der Waals surface area contributed by atoms with Gasteiger partial charge >= 0.3 is 10.2 Å². The van der Waals surface area contributed by atoms with E-state index in [4.69, 9.17) is 0 Å². The molecule has 0 aromatic rings. The van der Waals surface area contributed by atoms with Crippen LogP contribution in [0.25, 0.3) is 0 Å². The monoisotopic (exact) mass is 196 g/mol. The van der Waals surface area contributed by atoms with Gasteiger partial charge in [-0.25, -0.2) is 0 Å². The molecule has 0 aliphatic rings. The second-order valence-corrected chi connectivity index (χ2v) is 5.64. The Kier molecular flexibility index (Phi) is 4.17. The van der Waals surface area contributed by atoms with Crippen molar-refractivity contribution in [2.24, 2.45) is 0 Å². The van der Waals surface area contributed by atoms with E-state index < -0.39 is 15.0 Å². The maximum Gasteiger partial charge on any atom is 0.307 e. The molecule has 0 amide bonds. The first kappa shape index (κ1) is 11.9. The lowest BCUT2D eigenvalue weighted by Gasteiger charge is -2.18. The minimum Gasteiger partial charge on any atom is -0.194 e. The van der Waals surface area contributed by atoms with Crippen molar-refractivity contribution in [1.82, 2.24) is 0 Å². The zero-order valence-corrected chi connectivity index (χ0v) is 8.75. The van der Waals surface area contributed by atoms with Gasteiger partial charge in [-0.2, -0.15) is 8.42 Å². The third kappa shape index (κ3) is 3.52. The molecule has 0 spiro atoms. The van der Waals surface area contributed by atoms with Gasteiger partial charge in [-0.15, -0.1) is 3.89 Å². The summed E-state index contributed by atoms with van der Waals surface area (Å²) < 4.78 is 32.5. The Bertz CT molecular complexity index is 219. The van der Waals surface area contributed by atoms with Crippen molar-refractivity contribution in [3.63, 3.8) is 0 Å². The summed E-state index contributed by atoms with van der Waals surface area (Å²) >= 11 is 0. The lowest BCUT2D eigenvalue weighted by molar-refractivity contribution is 0.472. The highest BCUT2D eigenvalue weighted by molar-refractivity contribution is 7.87. The van der Waals surface area contributed by atoms with E-state index in [1.54, 1.807) is 0 Å². The van der Waals surface area contributed by atoms with Crippen molar-refractivity contribution >= 4 is 10.2 Å². The average molecular weight is 196 g/mol. The van der Waals surface area contributed by atoms with Crippen LogP contribution in [-0.2, 0) is 10.2 Å². The molecule has 12 heavy (non-hydrogen) atoms. The minimum atomic E-state index is -4.38. The molecule has 0 bridgehead atoms. The van der Waals surface area contributed by atoms with Crippen molar-refractivity contribution in [2.75, 3.05) is 0 Å².